The summed E-state index contributed by atoms with van der Waals surface area (Å²) >= 11 is 0. The van der Waals surface area contributed by atoms with Gasteiger partial charge in [0.25, 0.3) is 0 Å². The molecule has 0 saturated carbocycles. The van der Waals surface area contributed by atoms with Gasteiger partial charge in [0, 0.05) is 4.91 Å². The van der Waals surface area contributed by atoms with Crippen molar-refractivity contribution in [2.45, 2.75) is 17.7 Å². The van der Waals surface area contributed by atoms with Crippen LogP contribution in [0.25, 0.3) is 11.0 Å². The van der Waals surface area contributed by atoms with E-state index in [1.54, 1.807) is 24.3 Å². The van der Waals surface area contributed by atoms with Gasteiger partial charge in [0.1, 0.15) is 16.7 Å². The van der Waals surface area contributed by atoms with Crippen molar-refractivity contribution in [3.05, 3.63) is 63.9 Å². The Balaban J connectivity index is 2.13. The van der Waals surface area contributed by atoms with Crippen LogP contribution in [0, 0.1) is 0 Å². The molecule has 96 valence electrons. The van der Waals surface area contributed by atoms with Crippen LogP contribution in [0.3, 0.4) is 0 Å². The van der Waals surface area contributed by atoms with Crippen LogP contribution in [-0.2, 0) is 10.8 Å². The van der Waals surface area contributed by atoms with Gasteiger partial charge in [-0.2, -0.15) is 0 Å². The Morgan fingerprint density at radius 3 is 2.79 bits per heavy atom. The highest BCUT2D eigenvalue weighted by Gasteiger charge is 2.16. The van der Waals surface area contributed by atoms with Crippen LogP contribution in [-0.4, -0.2) is 4.21 Å². The van der Waals surface area contributed by atoms with E-state index in [0.29, 0.717) is 15.9 Å². The largest absolute Gasteiger partial charge is 0.463 e. The molecule has 0 fully saturated rings. The predicted octanol–water partition coefficient (Wildman–Crippen LogP) is 3.13. The SMILES string of the molecule is O=c1c(S(=O)C2=CCCC=C2)coc2ccccc12. The Bertz CT molecular complexity index is 768. The van der Waals surface area contributed by atoms with E-state index in [2.05, 4.69) is 0 Å². The monoisotopic (exact) mass is 272 g/mol. The van der Waals surface area contributed by atoms with Crippen LogP contribution in [0.2, 0.25) is 0 Å². The Kier molecular flexibility index (Phi) is 3.17. The number of benzene rings is 1. The molecule has 0 bridgehead atoms. The molecular weight excluding hydrogens is 260 g/mol. The first-order valence-corrected chi connectivity index (χ1v) is 7.21. The van der Waals surface area contributed by atoms with Gasteiger partial charge < -0.3 is 4.42 Å². The second-order valence-corrected chi connectivity index (χ2v) is 5.73. The van der Waals surface area contributed by atoms with Crippen LogP contribution in [0.1, 0.15) is 12.8 Å². The molecule has 1 aromatic heterocycles. The van der Waals surface area contributed by atoms with Gasteiger partial charge in [-0.25, -0.2) is 4.21 Å². The van der Waals surface area contributed by atoms with Crippen molar-refractivity contribution in [1.29, 1.82) is 0 Å². The summed E-state index contributed by atoms with van der Waals surface area (Å²) < 4.78 is 17.8. The van der Waals surface area contributed by atoms with E-state index >= 15 is 0 Å². The average Bonchev–Trinajstić information content (AvgIpc) is 2.48. The fourth-order valence-corrected chi connectivity index (χ4v) is 3.20. The minimum absolute atomic E-state index is 0.205. The van der Waals surface area contributed by atoms with Crippen molar-refractivity contribution in [2.75, 3.05) is 0 Å². The van der Waals surface area contributed by atoms with E-state index in [4.69, 9.17) is 4.42 Å². The van der Waals surface area contributed by atoms with Crippen molar-refractivity contribution in [3.63, 3.8) is 0 Å². The second kappa shape index (κ2) is 4.97. The van der Waals surface area contributed by atoms with Crippen LogP contribution in [0.5, 0.6) is 0 Å². The predicted molar refractivity (Wildman–Crippen MR) is 75.3 cm³/mol. The first-order chi connectivity index (χ1) is 9.27. The second-order valence-electron chi connectivity index (χ2n) is 4.28. The smallest absolute Gasteiger partial charge is 0.209 e. The fourth-order valence-electron chi connectivity index (χ4n) is 2.04. The zero-order chi connectivity index (χ0) is 13.2. The lowest BCUT2D eigenvalue weighted by atomic mass is 10.2. The van der Waals surface area contributed by atoms with E-state index in [-0.39, 0.29) is 10.3 Å². The van der Waals surface area contributed by atoms with Crippen LogP contribution in [0.15, 0.2) is 67.8 Å². The minimum atomic E-state index is -1.47. The fraction of sp³-hybridized carbons (Fsp3) is 0.133. The van der Waals surface area contributed by atoms with Crippen LogP contribution in [0.4, 0.5) is 0 Å². The molecule has 0 radical (unpaired) electrons. The zero-order valence-corrected chi connectivity index (χ0v) is 11.0. The Hall–Kier alpha value is -1.94. The van der Waals surface area contributed by atoms with E-state index in [1.807, 2.05) is 18.2 Å². The van der Waals surface area contributed by atoms with E-state index < -0.39 is 10.8 Å². The third-order valence-corrected chi connectivity index (χ3v) is 4.44. The highest BCUT2D eigenvalue weighted by Crippen LogP contribution is 2.20. The number of rotatable bonds is 2. The molecule has 0 spiro atoms. The lowest BCUT2D eigenvalue weighted by Gasteiger charge is -2.06. The third-order valence-electron chi connectivity index (χ3n) is 3.02. The van der Waals surface area contributed by atoms with Gasteiger partial charge in [-0.05, 0) is 31.1 Å². The normalized spacial score (nSPS) is 16.3. The van der Waals surface area contributed by atoms with Crippen LogP contribution >= 0.6 is 0 Å². The molecular formula is C15H12O3S. The van der Waals surface area contributed by atoms with Crippen molar-refractivity contribution < 1.29 is 8.63 Å². The third kappa shape index (κ3) is 2.19. The van der Waals surface area contributed by atoms with Crippen LogP contribution < -0.4 is 5.43 Å². The van der Waals surface area contributed by atoms with Gasteiger partial charge in [0.05, 0.1) is 16.2 Å². The highest BCUT2D eigenvalue weighted by atomic mass is 32.2. The maximum Gasteiger partial charge on any atom is 0.209 e. The number of allylic oxidation sites excluding steroid dienone is 3. The number of hydrogen-bond donors (Lipinski definition) is 0. The van der Waals surface area contributed by atoms with Gasteiger partial charge in [0.2, 0.25) is 5.43 Å². The number of hydrogen-bond acceptors (Lipinski definition) is 3. The summed E-state index contributed by atoms with van der Waals surface area (Å²) in [6, 6.07) is 6.98. The molecule has 1 aliphatic carbocycles. The van der Waals surface area contributed by atoms with Gasteiger partial charge in [0.15, 0.2) is 0 Å². The standard InChI is InChI=1S/C15H12O3S/c16-15-12-8-4-5-9-13(12)18-10-14(15)19(17)11-6-2-1-3-7-11/h2,4-10H,1,3H2. The van der Waals surface area contributed by atoms with Crippen molar-refractivity contribution >= 4 is 21.8 Å². The quantitative estimate of drug-likeness (QED) is 0.843. The molecule has 1 aromatic carbocycles. The molecule has 3 nitrogen and oxygen atoms in total. The summed E-state index contributed by atoms with van der Waals surface area (Å²) in [5.41, 5.74) is 0.293. The Morgan fingerprint density at radius 1 is 1.16 bits per heavy atom. The molecule has 1 heterocycles. The molecule has 2 aromatic rings. The maximum absolute atomic E-state index is 12.4. The number of fused-ring (bicyclic) bond motifs is 1. The Labute approximate surface area is 112 Å². The molecule has 0 saturated heterocycles. The zero-order valence-electron chi connectivity index (χ0n) is 10.2. The molecule has 19 heavy (non-hydrogen) atoms. The van der Waals surface area contributed by atoms with Gasteiger partial charge in [-0.15, -0.1) is 0 Å². The highest BCUT2D eigenvalue weighted by molar-refractivity contribution is 7.89. The molecule has 1 atom stereocenters. The van der Waals surface area contributed by atoms with E-state index in [9.17, 15) is 9.00 Å². The van der Waals surface area contributed by atoms with Gasteiger partial charge >= 0.3 is 0 Å². The first kappa shape index (κ1) is 12.1. The minimum Gasteiger partial charge on any atom is -0.463 e. The molecule has 0 aliphatic heterocycles. The Morgan fingerprint density at radius 2 is 2.00 bits per heavy atom. The average molecular weight is 272 g/mol. The number of para-hydroxylation sites is 1. The van der Waals surface area contributed by atoms with Gasteiger partial charge in [-0.1, -0.05) is 24.3 Å². The lowest BCUT2D eigenvalue weighted by molar-refractivity contribution is 0.584. The summed E-state index contributed by atoms with van der Waals surface area (Å²) in [6.45, 7) is 0. The topological polar surface area (TPSA) is 47.3 Å². The molecule has 4 heteroatoms. The van der Waals surface area contributed by atoms with Crippen molar-refractivity contribution in [3.8, 4) is 0 Å². The molecule has 1 unspecified atom stereocenters. The summed E-state index contributed by atoms with van der Waals surface area (Å²) in [7, 11) is -1.47. The summed E-state index contributed by atoms with van der Waals surface area (Å²) in [5.74, 6) is 0. The summed E-state index contributed by atoms with van der Waals surface area (Å²) in [6.07, 6.45) is 8.81. The van der Waals surface area contributed by atoms with E-state index in [0.717, 1.165) is 12.8 Å². The molecule has 3 rings (SSSR count). The summed E-state index contributed by atoms with van der Waals surface area (Å²) in [4.78, 5) is 13.2. The molecule has 1 aliphatic rings. The van der Waals surface area contributed by atoms with Crippen molar-refractivity contribution in [1.82, 2.24) is 0 Å². The molecule has 0 amide bonds. The summed E-state index contributed by atoms with van der Waals surface area (Å²) in [5, 5.41) is 0.466. The van der Waals surface area contributed by atoms with E-state index in [1.165, 1.54) is 6.26 Å². The molecule has 0 N–H and O–H groups in total. The lowest BCUT2D eigenvalue weighted by Crippen LogP contribution is -2.11. The first-order valence-electron chi connectivity index (χ1n) is 6.06. The van der Waals surface area contributed by atoms with Gasteiger partial charge in [-0.3, -0.25) is 4.79 Å². The maximum atomic E-state index is 12.4. The van der Waals surface area contributed by atoms with Crippen molar-refractivity contribution in [2.24, 2.45) is 0 Å².